The summed E-state index contributed by atoms with van der Waals surface area (Å²) in [5, 5.41) is 0. The maximum Gasteiger partial charge on any atom is 0.416 e. The van der Waals surface area contributed by atoms with Gasteiger partial charge in [-0.05, 0) is 13.8 Å². The Morgan fingerprint density at radius 2 is 1.57 bits per heavy atom. The zero-order chi connectivity index (χ0) is 11.8. The average molecular weight is 206 g/mol. The molecule has 0 amide bonds. The van der Waals surface area contributed by atoms with E-state index in [0.29, 0.717) is 5.57 Å². The van der Waals surface area contributed by atoms with Crippen molar-refractivity contribution in [3.05, 3.63) is 36.0 Å². The lowest BCUT2D eigenvalue weighted by Gasteiger charge is -2.06. The molecule has 0 aliphatic heterocycles. The van der Waals surface area contributed by atoms with E-state index in [1.807, 2.05) is 13.8 Å². The molecule has 0 N–H and O–H groups in total. The van der Waals surface area contributed by atoms with Crippen LogP contribution < -0.4 is 0 Å². The minimum Gasteiger partial charge on any atom is -0.166 e. The fourth-order valence-electron chi connectivity index (χ4n) is 0.662. The number of rotatable bonds is 2. The largest absolute Gasteiger partial charge is 0.416 e. The maximum absolute atomic E-state index is 12.1. The number of halogens is 3. The van der Waals surface area contributed by atoms with Crippen molar-refractivity contribution in [1.29, 1.82) is 0 Å². The van der Waals surface area contributed by atoms with Gasteiger partial charge in [-0.1, -0.05) is 44.2 Å². The lowest BCUT2D eigenvalue weighted by Crippen LogP contribution is -2.09. The second-order valence-electron chi connectivity index (χ2n) is 2.58. The highest BCUT2D eigenvalue weighted by atomic mass is 19.4. The van der Waals surface area contributed by atoms with E-state index in [-0.39, 0.29) is 0 Å². The average Bonchev–Trinajstić information content (AvgIpc) is 2.05. The van der Waals surface area contributed by atoms with Gasteiger partial charge in [0.1, 0.15) is 0 Å². The first-order valence-electron chi connectivity index (χ1n) is 4.42. The predicted molar refractivity (Wildman–Crippen MR) is 55.1 cm³/mol. The molecule has 0 heterocycles. The molecule has 0 aliphatic carbocycles. The smallest absolute Gasteiger partial charge is 0.166 e. The predicted octanol–water partition coefficient (Wildman–Crippen LogP) is 4.65. The monoisotopic (exact) mass is 206 g/mol. The second-order valence-corrected chi connectivity index (χ2v) is 2.58. The molecule has 0 aromatic heterocycles. The first-order chi connectivity index (χ1) is 6.38. The van der Waals surface area contributed by atoms with E-state index in [0.717, 1.165) is 18.2 Å². The van der Waals surface area contributed by atoms with E-state index in [1.165, 1.54) is 0 Å². The second kappa shape index (κ2) is 7.42. The summed E-state index contributed by atoms with van der Waals surface area (Å²) in [5.74, 6) is 0. The fourth-order valence-corrected chi connectivity index (χ4v) is 0.662. The number of hydrogen-bond acceptors (Lipinski definition) is 0. The van der Waals surface area contributed by atoms with Crippen molar-refractivity contribution in [2.24, 2.45) is 0 Å². The Morgan fingerprint density at radius 3 is 1.79 bits per heavy atom. The molecule has 0 aliphatic rings. The van der Waals surface area contributed by atoms with Crippen LogP contribution in [0.5, 0.6) is 0 Å². The summed E-state index contributed by atoms with van der Waals surface area (Å²) in [4.78, 5) is 0. The highest BCUT2D eigenvalue weighted by Crippen LogP contribution is 2.27. The van der Waals surface area contributed by atoms with Gasteiger partial charge < -0.3 is 0 Å². The van der Waals surface area contributed by atoms with Crippen molar-refractivity contribution >= 4 is 0 Å². The quantitative estimate of drug-likeness (QED) is 0.577. The third-order valence-electron chi connectivity index (χ3n) is 1.07. The summed E-state index contributed by atoms with van der Waals surface area (Å²) in [6, 6.07) is 0. The van der Waals surface area contributed by atoms with Gasteiger partial charge in [0.15, 0.2) is 0 Å². The Labute approximate surface area is 83.8 Å². The molecule has 0 saturated carbocycles. The van der Waals surface area contributed by atoms with Crippen LogP contribution in [-0.2, 0) is 0 Å². The van der Waals surface area contributed by atoms with Crippen molar-refractivity contribution in [3.63, 3.8) is 0 Å². The van der Waals surface area contributed by atoms with Gasteiger partial charge in [0.05, 0.1) is 5.57 Å². The minimum atomic E-state index is -4.29. The third kappa shape index (κ3) is 7.65. The molecule has 0 bridgehead atoms. The van der Waals surface area contributed by atoms with Crippen LogP contribution in [0, 0.1) is 0 Å². The van der Waals surface area contributed by atoms with E-state index in [4.69, 9.17) is 0 Å². The highest BCUT2D eigenvalue weighted by molar-refractivity contribution is 5.29. The van der Waals surface area contributed by atoms with E-state index < -0.39 is 11.7 Å². The lowest BCUT2D eigenvalue weighted by molar-refractivity contribution is -0.0882. The van der Waals surface area contributed by atoms with E-state index in [9.17, 15) is 13.2 Å². The molecule has 3 heteroatoms. The van der Waals surface area contributed by atoms with Crippen molar-refractivity contribution < 1.29 is 13.2 Å². The van der Waals surface area contributed by atoms with Crippen LogP contribution in [0.25, 0.3) is 0 Å². The van der Waals surface area contributed by atoms with Crippen LogP contribution in [0.3, 0.4) is 0 Å². The molecule has 0 nitrogen and oxygen atoms in total. The van der Waals surface area contributed by atoms with Crippen molar-refractivity contribution in [2.75, 3.05) is 0 Å². The topological polar surface area (TPSA) is 0 Å². The SMILES string of the molecule is C=C/C=C(\C=C(C)C)C(F)(F)F.CC. The zero-order valence-corrected chi connectivity index (χ0v) is 9.07. The molecule has 0 fully saturated rings. The Hall–Kier alpha value is -0.990. The van der Waals surface area contributed by atoms with Gasteiger partial charge >= 0.3 is 6.18 Å². The van der Waals surface area contributed by atoms with E-state index in [1.54, 1.807) is 13.8 Å². The summed E-state index contributed by atoms with van der Waals surface area (Å²) in [7, 11) is 0. The molecular weight excluding hydrogens is 189 g/mol. The normalized spacial score (nSPS) is 11.2. The Morgan fingerprint density at radius 1 is 1.14 bits per heavy atom. The van der Waals surface area contributed by atoms with Crippen molar-refractivity contribution in [3.8, 4) is 0 Å². The third-order valence-corrected chi connectivity index (χ3v) is 1.07. The molecule has 0 radical (unpaired) electrons. The molecule has 0 saturated heterocycles. The zero-order valence-electron chi connectivity index (χ0n) is 9.07. The highest BCUT2D eigenvalue weighted by Gasteiger charge is 2.31. The van der Waals surface area contributed by atoms with Crippen LogP contribution >= 0.6 is 0 Å². The number of alkyl halides is 3. The molecule has 0 rings (SSSR count). The Balaban J connectivity index is 0. The van der Waals surface area contributed by atoms with Gasteiger partial charge in [-0.2, -0.15) is 13.2 Å². The first-order valence-corrected chi connectivity index (χ1v) is 4.42. The molecule has 0 atom stereocenters. The molecule has 0 aromatic carbocycles. The summed E-state index contributed by atoms with van der Waals surface area (Å²) in [6.07, 6.45) is -1.12. The van der Waals surface area contributed by atoms with Gasteiger partial charge in [0, 0.05) is 0 Å². The minimum absolute atomic E-state index is 0.612. The van der Waals surface area contributed by atoms with Crippen molar-refractivity contribution in [2.45, 2.75) is 33.9 Å². The summed E-state index contributed by atoms with van der Waals surface area (Å²) in [6.45, 7) is 10.4. The standard InChI is InChI=1S/C9H11F3.C2H6/c1-4-5-8(6-7(2)3)9(10,11)12;1-2/h4-6H,1H2,2-3H3;1-2H3/b8-5+;. The molecular formula is C11H17F3. The lowest BCUT2D eigenvalue weighted by atomic mass is 10.1. The number of hydrogen-bond donors (Lipinski definition) is 0. The van der Waals surface area contributed by atoms with Crippen LogP contribution in [0.2, 0.25) is 0 Å². The van der Waals surface area contributed by atoms with Crippen LogP contribution in [0.1, 0.15) is 27.7 Å². The van der Waals surface area contributed by atoms with Crippen LogP contribution in [-0.4, -0.2) is 6.18 Å². The van der Waals surface area contributed by atoms with Gasteiger partial charge in [0.25, 0.3) is 0 Å². The molecule has 0 unspecified atom stereocenters. The first kappa shape index (κ1) is 15.5. The Bertz CT molecular complexity index is 215. The van der Waals surface area contributed by atoms with Crippen LogP contribution in [0.4, 0.5) is 13.2 Å². The molecule has 0 spiro atoms. The summed E-state index contributed by atoms with van der Waals surface area (Å²) in [5.41, 5.74) is -0.0575. The molecule has 0 aromatic rings. The van der Waals surface area contributed by atoms with Crippen LogP contribution in [0.15, 0.2) is 36.0 Å². The fraction of sp³-hybridized carbons (Fsp3) is 0.455. The van der Waals surface area contributed by atoms with E-state index >= 15 is 0 Å². The van der Waals surface area contributed by atoms with E-state index in [2.05, 4.69) is 6.58 Å². The summed E-state index contributed by atoms with van der Waals surface area (Å²) < 4.78 is 36.3. The van der Waals surface area contributed by atoms with Crippen molar-refractivity contribution in [1.82, 2.24) is 0 Å². The molecule has 14 heavy (non-hydrogen) atoms. The van der Waals surface area contributed by atoms with Gasteiger partial charge in [-0.15, -0.1) is 0 Å². The van der Waals surface area contributed by atoms with Gasteiger partial charge in [-0.25, -0.2) is 0 Å². The number of allylic oxidation sites excluding steroid dienone is 5. The van der Waals surface area contributed by atoms with Gasteiger partial charge in [-0.3, -0.25) is 0 Å². The maximum atomic E-state index is 12.1. The van der Waals surface area contributed by atoms with Gasteiger partial charge in [0.2, 0.25) is 0 Å². The Kier molecular flexibility index (Phi) is 8.20. The summed E-state index contributed by atoms with van der Waals surface area (Å²) >= 11 is 0. The molecule has 82 valence electrons.